The molecule has 0 saturated carbocycles. The van der Waals surface area contributed by atoms with E-state index in [4.69, 9.17) is 24.4 Å². The molecular weight excluding hydrogens is 428 g/mol. The minimum Gasteiger partial charge on any atom is -0.361 e. The average Bonchev–Trinajstić information content (AvgIpc) is 2.80. The Hall–Kier alpha value is -1.36. The number of rotatable bonds is 10. The Balaban J connectivity index is 1.55. The van der Waals surface area contributed by atoms with Gasteiger partial charge in [0.05, 0.1) is 11.4 Å². The molecule has 0 bridgehead atoms. The topological polar surface area (TPSA) is 79.3 Å². The SMILES string of the molecule is CC(=N\NC(=S)NCCCN1CCCCC1)/C(C)=N/NC(=S)NCCN1CCCCC1. The average molecular weight is 469 g/mol. The third-order valence-electron chi connectivity index (χ3n) is 5.72. The monoisotopic (exact) mass is 468 g/mol. The van der Waals surface area contributed by atoms with Crippen LogP contribution in [0.4, 0.5) is 0 Å². The van der Waals surface area contributed by atoms with Crippen LogP contribution in [-0.2, 0) is 0 Å². The van der Waals surface area contributed by atoms with Crippen molar-refractivity contribution < 1.29 is 0 Å². The predicted octanol–water partition coefficient (Wildman–Crippen LogP) is 2.03. The second kappa shape index (κ2) is 15.4. The van der Waals surface area contributed by atoms with E-state index in [1.54, 1.807) is 0 Å². The van der Waals surface area contributed by atoms with Crippen LogP contribution in [0.15, 0.2) is 10.2 Å². The van der Waals surface area contributed by atoms with Crippen LogP contribution < -0.4 is 21.5 Å². The van der Waals surface area contributed by atoms with Crippen LogP contribution >= 0.6 is 24.4 Å². The summed E-state index contributed by atoms with van der Waals surface area (Å²) >= 11 is 10.6. The molecule has 2 fully saturated rings. The van der Waals surface area contributed by atoms with E-state index < -0.39 is 0 Å². The fraction of sp³-hybridized carbons (Fsp3) is 0.810. The molecule has 176 valence electrons. The van der Waals surface area contributed by atoms with Crippen molar-refractivity contribution in [3.05, 3.63) is 0 Å². The maximum atomic E-state index is 5.30. The fourth-order valence-electron chi connectivity index (χ4n) is 3.71. The predicted molar refractivity (Wildman–Crippen MR) is 139 cm³/mol. The molecule has 2 saturated heterocycles. The number of nitrogens with zero attached hydrogens (tertiary/aromatic N) is 4. The van der Waals surface area contributed by atoms with Gasteiger partial charge in [0.1, 0.15) is 0 Å². The standard InChI is InChI=1S/C21H40N8S2/c1-18(24-26-20(30)22-10-9-16-28-12-5-3-6-13-28)19(2)25-27-21(31)23-11-17-29-14-7-4-8-15-29/h3-17H2,1-2H3,(H2,22,26,30)(H2,23,27,31)/b24-18+,25-19+. The molecule has 10 heteroatoms. The second-order valence-corrected chi connectivity index (χ2v) is 9.10. The van der Waals surface area contributed by atoms with Crippen molar-refractivity contribution in [2.24, 2.45) is 10.2 Å². The summed E-state index contributed by atoms with van der Waals surface area (Å²) in [6.45, 7) is 12.4. The van der Waals surface area contributed by atoms with E-state index in [1.165, 1.54) is 64.7 Å². The number of thiocarbonyl (C=S) groups is 2. The van der Waals surface area contributed by atoms with Gasteiger partial charge in [-0.2, -0.15) is 10.2 Å². The molecule has 0 amide bonds. The quantitative estimate of drug-likeness (QED) is 0.168. The van der Waals surface area contributed by atoms with Crippen molar-refractivity contribution in [1.29, 1.82) is 0 Å². The van der Waals surface area contributed by atoms with Crippen LogP contribution in [0.1, 0.15) is 58.8 Å². The molecule has 0 unspecified atom stereocenters. The normalized spacial score (nSPS) is 19.0. The maximum absolute atomic E-state index is 5.30. The third kappa shape index (κ3) is 11.7. The van der Waals surface area contributed by atoms with Gasteiger partial charge >= 0.3 is 0 Å². The van der Waals surface area contributed by atoms with Crippen LogP contribution in [0.25, 0.3) is 0 Å². The van der Waals surface area contributed by atoms with Crippen LogP contribution in [-0.4, -0.2) is 83.8 Å². The first-order chi connectivity index (χ1) is 15.0. The summed E-state index contributed by atoms with van der Waals surface area (Å²) in [6.07, 6.45) is 9.07. The van der Waals surface area contributed by atoms with E-state index in [9.17, 15) is 0 Å². The Morgan fingerprint density at radius 3 is 1.65 bits per heavy atom. The molecule has 0 spiro atoms. The Labute approximate surface area is 198 Å². The van der Waals surface area contributed by atoms with Gasteiger partial charge in [0.15, 0.2) is 10.2 Å². The van der Waals surface area contributed by atoms with Gasteiger partial charge in [-0.15, -0.1) is 0 Å². The first kappa shape index (κ1) is 25.9. The molecule has 8 nitrogen and oxygen atoms in total. The molecule has 31 heavy (non-hydrogen) atoms. The number of hydrazone groups is 2. The van der Waals surface area contributed by atoms with E-state index in [2.05, 4.69) is 41.5 Å². The highest BCUT2D eigenvalue weighted by atomic mass is 32.1. The molecule has 0 aromatic heterocycles. The van der Waals surface area contributed by atoms with Crippen LogP contribution in [0.2, 0.25) is 0 Å². The smallest absolute Gasteiger partial charge is 0.187 e. The summed E-state index contributed by atoms with van der Waals surface area (Å²) in [5.74, 6) is 0. The Bertz CT molecular complexity index is 611. The number of nitrogens with one attached hydrogen (secondary N) is 4. The summed E-state index contributed by atoms with van der Waals surface area (Å²) in [5.41, 5.74) is 7.28. The third-order valence-corrected chi connectivity index (χ3v) is 6.19. The fourth-order valence-corrected chi connectivity index (χ4v) is 4.00. The summed E-state index contributed by atoms with van der Waals surface area (Å²) in [5, 5.41) is 16.1. The van der Waals surface area contributed by atoms with Gasteiger partial charge in [0, 0.05) is 19.6 Å². The van der Waals surface area contributed by atoms with Crippen LogP contribution in [0, 0.1) is 0 Å². The highest BCUT2D eigenvalue weighted by Crippen LogP contribution is 2.08. The van der Waals surface area contributed by atoms with Gasteiger partial charge < -0.3 is 20.4 Å². The zero-order chi connectivity index (χ0) is 22.3. The molecule has 0 atom stereocenters. The van der Waals surface area contributed by atoms with Crippen molar-refractivity contribution in [3.63, 3.8) is 0 Å². The minimum atomic E-state index is 0.531. The summed E-state index contributed by atoms with van der Waals surface area (Å²) in [7, 11) is 0. The Morgan fingerprint density at radius 1 is 0.677 bits per heavy atom. The van der Waals surface area contributed by atoms with E-state index >= 15 is 0 Å². The van der Waals surface area contributed by atoms with Gasteiger partial charge in [-0.1, -0.05) is 12.8 Å². The van der Waals surface area contributed by atoms with Gasteiger partial charge in [0.25, 0.3) is 0 Å². The van der Waals surface area contributed by atoms with Crippen molar-refractivity contribution >= 4 is 46.1 Å². The molecule has 0 aromatic carbocycles. The number of piperidine rings is 2. The minimum absolute atomic E-state index is 0.531. The Kier molecular flexibility index (Phi) is 12.9. The molecule has 2 rings (SSSR count). The van der Waals surface area contributed by atoms with Gasteiger partial charge in [-0.25, -0.2) is 0 Å². The van der Waals surface area contributed by atoms with Crippen LogP contribution in [0.5, 0.6) is 0 Å². The summed E-state index contributed by atoms with van der Waals surface area (Å²) < 4.78 is 0. The van der Waals surface area contributed by atoms with E-state index in [1.807, 2.05) is 13.8 Å². The lowest BCUT2D eigenvalue weighted by atomic mass is 10.1. The molecule has 0 radical (unpaired) electrons. The van der Waals surface area contributed by atoms with Gasteiger partial charge in [-0.05, 0) is 103 Å². The Morgan fingerprint density at radius 2 is 1.13 bits per heavy atom. The molecule has 4 N–H and O–H groups in total. The molecule has 2 aliphatic rings. The summed E-state index contributed by atoms with van der Waals surface area (Å²) in [4.78, 5) is 5.00. The zero-order valence-electron chi connectivity index (χ0n) is 19.2. The van der Waals surface area contributed by atoms with Crippen molar-refractivity contribution in [1.82, 2.24) is 31.3 Å². The molecule has 0 aliphatic carbocycles. The summed E-state index contributed by atoms with van der Waals surface area (Å²) in [6, 6.07) is 0. The molecule has 2 heterocycles. The maximum Gasteiger partial charge on any atom is 0.187 e. The van der Waals surface area contributed by atoms with Crippen molar-refractivity contribution in [2.75, 3.05) is 52.4 Å². The number of hydrogen-bond acceptors (Lipinski definition) is 6. The highest BCUT2D eigenvalue weighted by molar-refractivity contribution is 7.80. The first-order valence-electron chi connectivity index (χ1n) is 11.7. The second-order valence-electron chi connectivity index (χ2n) is 8.29. The van der Waals surface area contributed by atoms with Crippen molar-refractivity contribution in [3.8, 4) is 0 Å². The highest BCUT2D eigenvalue weighted by Gasteiger charge is 2.10. The molecule has 2 aliphatic heterocycles. The van der Waals surface area contributed by atoms with E-state index in [0.717, 1.165) is 44.0 Å². The van der Waals surface area contributed by atoms with Gasteiger partial charge in [0.2, 0.25) is 0 Å². The molecule has 0 aromatic rings. The number of hydrogen-bond donors (Lipinski definition) is 4. The van der Waals surface area contributed by atoms with Gasteiger partial charge in [-0.3, -0.25) is 10.9 Å². The van der Waals surface area contributed by atoms with Crippen LogP contribution in [0.3, 0.4) is 0 Å². The van der Waals surface area contributed by atoms with Crippen molar-refractivity contribution in [2.45, 2.75) is 58.8 Å². The lowest BCUT2D eigenvalue weighted by Crippen LogP contribution is -2.40. The molecular formula is C21H40N8S2. The van der Waals surface area contributed by atoms with E-state index in [-0.39, 0.29) is 0 Å². The zero-order valence-corrected chi connectivity index (χ0v) is 20.8. The lowest BCUT2D eigenvalue weighted by molar-refractivity contribution is 0.227. The largest absolute Gasteiger partial charge is 0.361 e. The van der Waals surface area contributed by atoms with E-state index in [0.29, 0.717) is 10.2 Å². The number of likely N-dealkylation sites (tertiary alicyclic amines) is 2. The first-order valence-corrected chi connectivity index (χ1v) is 12.5. The lowest BCUT2D eigenvalue weighted by Gasteiger charge is -2.26.